The minimum Gasteiger partial charge on any atom is -0.330 e. The number of thiocarbonyl (C=S) groups is 1. The monoisotopic (exact) mass is 256 g/mol. The molecule has 1 aromatic carbocycles. The SMILES string of the molecule is NCCSC([C]=S)CSc1ccccc1. The zero-order chi connectivity index (χ0) is 10.9. The summed E-state index contributed by atoms with van der Waals surface area (Å²) in [7, 11) is 0. The van der Waals surface area contributed by atoms with Crippen molar-refractivity contribution in [1.82, 2.24) is 0 Å². The van der Waals surface area contributed by atoms with Gasteiger partial charge in [-0.25, -0.2) is 0 Å². The molecule has 0 bridgehead atoms. The minimum absolute atomic E-state index is 0.300. The van der Waals surface area contributed by atoms with Crippen LogP contribution in [0.5, 0.6) is 0 Å². The van der Waals surface area contributed by atoms with Gasteiger partial charge in [0.2, 0.25) is 0 Å². The van der Waals surface area contributed by atoms with Gasteiger partial charge in [-0.05, 0) is 12.1 Å². The van der Waals surface area contributed by atoms with E-state index in [-0.39, 0.29) is 0 Å². The van der Waals surface area contributed by atoms with Gasteiger partial charge in [0.05, 0.1) is 5.25 Å². The molecule has 0 spiro atoms. The molecule has 1 aromatic rings. The Morgan fingerprint density at radius 1 is 1.33 bits per heavy atom. The van der Waals surface area contributed by atoms with E-state index < -0.39 is 0 Å². The maximum Gasteiger partial charge on any atom is 0.0505 e. The molecule has 0 amide bonds. The largest absolute Gasteiger partial charge is 0.330 e. The lowest BCUT2D eigenvalue weighted by atomic mass is 10.4. The summed E-state index contributed by atoms with van der Waals surface area (Å²) in [4.78, 5) is 1.28. The molecule has 0 aliphatic carbocycles. The molecular formula is C11H14NS3. The molecule has 4 heteroatoms. The van der Waals surface area contributed by atoms with E-state index in [4.69, 9.17) is 18.0 Å². The van der Waals surface area contributed by atoms with Gasteiger partial charge in [-0.2, -0.15) is 11.8 Å². The van der Waals surface area contributed by atoms with Crippen LogP contribution in [0.25, 0.3) is 0 Å². The first-order valence-corrected chi connectivity index (χ1v) is 7.18. The van der Waals surface area contributed by atoms with Gasteiger partial charge in [-0.3, -0.25) is 0 Å². The summed E-state index contributed by atoms with van der Waals surface area (Å²) in [5.41, 5.74) is 5.45. The molecule has 1 rings (SSSR count). The molecule has 0 aromatic heterocycles. The van der Waals surface area contributed by atoms with Crippen LogP contribution in [0, 0.1) is 0 Å². The van der Waals surface area contributed by atoms with Crippen LogP contribution in [0.3, 0.4) is 0 Å². The van der Waals surface area contributed by atoms with Crippen LogP contribution in [-0.4, -0.2) is 28.7 Å². The van der Waals surface area contributed by atoms with Crippen molar-refractivity contribution in [2.24, 2.45) is 5.73 Å². The Kier molecular flexibility index (Phi) is 7.09. The van der Waals surface area contributed by atoms with Crippen molar-refractivity contribution in [2.45, 2.75) is 10.1 Å². The molecular weight excluding hydrogens is 242 g/mol. The fourth-order valence-corrected chi connectivity index (χ4v) is 3.26. The molecule has 1 atom stereocenters. The van der Waals surface area contributed by atoms with E-state index >= 15 is 0 Å². The van der Waals surface area contributed by atoms with E-state index in [1.54, 1.807) is 11.8 Å². The molecule has 0 saturated heterocycles. The predicted octanol–water partition coefficient (Wildman–Crippen LogP) is 2.72. The van der Waals surface area contributed by atoms with Crippen molar-refractivity contribution in [3.8, 4) is 0 Å². The van der Waals surface area contributed by atoms with Gasteiger partial charge in [0.1, 0.15) is 0 Å². The number of thioether (sulfide) groups is 2. The Bertz CT molecular complexity index is 276. The van der Waals surface area contributed by atoms with Gasteiger partial charge in [0.25, 0.3) is 0 Å². The van der Waals surface area contributed by atoms with Crippen molar-refractivity contribution in [2.75, 3.05) is 18.1 Å². The highest BCUT2D eigenvalue weighted by Crippen LogP contribution is 2.22. The Morgan fingerprint density at radius 2 is 2.07 bits per heavy atom. The fourth-order valence-electron chi connectivity index (χ4n) is 1.02. The number of benzene rings is 1. The smallest absolute Gasteiger partial charge is 0.0505 e. The average molecular weight is 256 g/mol. The summed E-state index contributed by atoms with van der Waals surface area (Å²) in [6.07, 6.45) is 0. The first-order valence-electron chi connectivity index (χ1n) is 4.74. The van der Waals surface area contributed by atoms with E-state index in [1.165, 1.54) is 4.90 Å². The maximum atomic E-state index is 5.45. The molecule has 1 radical (unpaired) electrons. The highest BCUT2D eigenvalue weighted by Gasteiger charge is 2.06. The molecule has 0 aliphatic heterocycles. The van der Waals surface area contributed by atoms with Crippen LogP contribution < -0.4 is 5.73 Å². The van der Waals surface area contributed by atoms with E-state index in [0.29, 0.717) is 11.8 Å². The highest BCUT2D eigenvalue weighted by atomic mass is 32.2. The zero-order valence-electron chi connectivity index (χ0n) is 8.39. The number of rotatable bonds is 7. The zero-order valence-corrected chi connectivity index (χ0v) is 10.8. The Balaban J connectivity index is 2.31. The summed E-state index contributed by atoms with van der Waals surface area (Å²) in [6, 6.07) is 10.3. The van der Waals surface area contributed by atoms with E-state index in [0.717, 1.165) is 11.5 Å². The van der Waals surface area contributed by atoms with Crippen molar-refractivity contribution >= 4 is 41.1 Å². The normalized spacial score (nSPS) is 12.3. The van der Waals surface area contributed by atoms with Gasteiger partial charge >= 0.3 is 0 Å². The molecule has 1 nitrogen and oxygen atoms in total. The molecule has 1 unspecified atom stereocenters. The molecule has 2 N–H and O–H groups in total. The van der Waals surface area contributed by atoms with Gasteiger partial charge in [0, 0.05) is 28.3 Å². The van der Waals surface area contributed by atoms with Crippen LogP contribution >= 0.6 is 35.7 Å². The number of nitrogens with two attached hydrogens (primary N) is 1. The van der Waals surface area contributed by atoms with Crippen LogP contribution in [0.2, 0.25) is 0 Å². The third-order valence-electron chi connectivity index (χ3n) is 1.71. The molecule has 81 valence electrons. The summed E-state index contributed by atoms with van der Waals surface area (Å²) >= 11 is 8.47. The van der Waals surface area contributed by atoms with Crippen LogP contribution in [0.1, 0.15) is 0 Å². The standard InChI is InChI=1S/C11H14NS3/c12-6-7-14-11(8-13)9-15-10-4-2-1-3-5-10/h1-5,11H,6-7,9,12H2. The third-order valence-corrected chi connectivity index (χ3v) is 4.62. The van der Waals surface area contributed by atoms with Crippen molar-refractivity contribution in [1.29, 1.82) is 0 Å². The molecule has 0 aliphatic rings. The predicted molar refractivity (Wildman–Crippen MR) is 75.1 cm³/mol. The molecule has 15 heavy (non-hydrogen) atoms. The van der Waals surface area contributed by atoms with E-state index in [1.807, 2.05) is 30.0 Å². The summed E-state index contributed by atoms with van der Waals surface area (Å²) in [6.45, 7) is 0.703. The minimum atomic E-state index is 0.300. The van der Waals surface area contributed by atoms with Crippen molar-refractivity contribution < 1.29 is 0 Å². The lowest BCUT2D eigenvalue weighted by Gasteiger charge is -2.09. The highest BCUT2D eigenvalue weighted by molar-refractivity contribution is 8.04. The summed E-state index contributed by atoms with van der Waals surface area (Å²) in [5.74, 6) is 1.92. The van der Waals surface area contributed by atoms with Gasteiger partial charge in [-0.1, -0.05) is 30.4 Å². The molecule has 0 saturated carbocycles. The number of hydrogen-bond acceptors (Lipinski definition) is 4. The Morgan fingerprint density at radius 3 is 2.67 bits per heavy atom. The quantitative estimate of drug-likeness (QED) is 0.599. The van der Waals surface area contributed by atoms with Gasteiger partial charge in [-0.15, -0.1) is 11.8 Å². The number of hydrogen-bond donors (Lipinski definition) is 1. The maximum absolute atomic E-state index is 5.45. The second-order valence-electron chi connectivity index (χ2n) is 2.89. The van der Waals surface area contributed by atoms with E-state index in [9.17, 15) is 0 Å². The Labute approximate surface area is 105 Å². The topological polar surface area (TPSA) is 26.0 Å². The van der Waals surface area contributed by atoms with Crippen LogP contribution in [-0.2, 0) is 0 Å². The average Bonchev–Trinajstić information content (AvgIpc) is 2.31. The van der Waals surface area contributed by atoms with Gasteiger partial charge in [0.15, 0.2) is 0 Å². The van der Waals surface area contributed by atoms with Crippen LogP contribution in [0.15, 0.2) is 35.2 Å². The summed E-state index contributed by atoms with van der Waals surface area (Å²) in [5, 5.41) is 3.18. The Hall–Kier alpha value is -0.0300. The van der Waals surface area contributed by atoms with Crippen molar-refractivity contribution in [3.63, 3.8) is 0 Å². The van der Waals surface area contributed by atoms with Crippen molar-refractivity contribution in [3.05, 3.63) is 30.3 Å². The lowest BCUT2D eigenvalue weighted by Crippen LogP contribution is -2.11. The fraction of sp³-hybridized carbons (Fsp3) is 0.364. The first-order chi connectivity index (χ1) is 7.36. The van der Waals surface area contributed by atoms with E-state index in [2.05, 4.69) is 17.5 Å². The van der Waals surface area contributed by atoms with Crippen LogP contribution in [0.4, 0.5) is 0 Å². The second-order valence-corrected chi connectivity index (χ2v) is 5.53. The lowest BCUT2D eigenvalue weighted by molar-refractivity contribution is 1.15. The molecule has 0 heterocycles. The summed E-state index contributed by atoms with van der Waals surface area (Å²) < 4.78 is 0. The van der Waals surface area contributed by atoms with Gasteiger partial charge < -0.3 is 5.73 Å². The third kappa shape index (κ3) is 5.56. The molecule has 0 fully saturated rings. The first kappa shape index (κ1) is 13.0. The second kappa shape index (κ2) is 8.16.